The lowest BCUT2D eigenvalue weighted by molar-refractivity contribution is 0.0926. The van der Waals surface area contributed by atoms with E-state index in [1.165, 1.54) is 0 Å². The lowest BCUT2D eigenvalue weighted by Crippen LogP contribution is -2.48. The molecule has 0 radical (unpaired) electrons. The van der Waals surface area contributed by atoms with Crippen molar-refractivity contribution in [3.05, 3.63) is 64.1 Å². The summed E-state index contributed by atoms with van der Waals surface area (Å²) >= 11 is 3.39. The zero-order valence-electron chi connectivity index (χ0n) is 14.2. The van der Waals surface area contributed by atoms with E-state index in [0.29, 0.717) is 6.54 Å². The third-order valence-corrected chi connectivity index (χ3v) is 5.07. The quantitative estimate of drug-likeness (QED) is 0.718. The van der Waals surface area contributed by atoms with Gasteiger partial charge >= 0.3 is 0 Å². The number of piperazine rings is 1. The minimum absolute atomic E-state index is 0.0859. The highest BCUT2D eigenvalue weighted by molar-refractivity contribution is 9.10. The fourth-order valence-electron chi connectivity index (χ4n) is 3.00. The first-order valence-corrected chi connectivity index (χ1v) is 9.19. The third kappa shape index (κ3) is 4.55. The van der Waals surface area contributed by atoms with E-state index in [4.69, 9.17) is 0 Å². The smallest absolute Gasteiger partial charge is 0.176 e. The van der Waals surface area contributed by atoms with E-state index in [9.17, 15) is 9.59 Å². The monoisotopic (exact) mass is 400 g/mol. The van der Waals surface area contributed by atoms with Gasteiger partial charge in [-0.2, -0.15) is 0 Å². The first-order chi connectivity index (χ1) is 12.0. The average Bonchev–Trinajstić information content (AvgIpc) is 2.63. The van der Waals surface area contributed by atoms with Crippen molar-refractivity contribution < 1.29 is 9.59 Å². The molecule has 0 amide bonds. The molecular formula is C20H21BrN2O2. The number of rotatable bonds is 5. The zero-order chi connectivity index (χ0) is 17.8. The molecule has 1 fully saturated rings. The van der Waals surface area contributed by atoms with Crippen LogP contribution < -0.4 is 4.90 Å². The normalized spacial score (nSPS) is 15.2. The van der Waals surface area contributed by atoms with Crippen LogP contribution in [0.5, 0.6) is 0 Å². The van der Waals surface area contributed by atoms with E-state index in [0.717, 1.165) is 47.5 Å². The van der Waals surface area contributed by atoms with Crippen LogP contribution in [-0.4, -0.2) is 49.2 Å². The number of carbonyl (C=O) groups excluding carboxylic acids is 2. The van der Waals surface area contributed by atoms with E-state index in [-0.39, 0.29) is 11.6 Å². The Morgan fingerprint density at radius 2 is 1.44 bits per heavy atom. The van der Waals surface area contributed by atoms with Gasteiger partial charge in [0.15, 0.2) is 11.6 Å². The van der Waals surface area contributed by atoms with Gasteiger partial charge in [-0.1, -0.05) is 28.1 Å². The number of nitrogens with zero attached hydrogens (tertiary/aromatic N) is 2. The van der Waals surface area contributed by atoms with Crippen molar-refractivity contribution in [2.24, 2.45) is 0 Å². The van der Waals surface area contributed by atoms with E-state index in [2.05, 4.69) is 25.7 Å². The Hall–Kier alpha value is -1.98. The second-order valence-corrected chi connectivity index (χ2v) is 7.21. The molecule has 0 spiro atoms. The molecule has 4 nitrogen and oxygen atoms in total. The van der Waals surface area contributed by atoms with Crippen molar-refractivity contribution in [3.8, 4) is 0 Å². The highest BCUT2D eigenvalue weighted by atomic mass is 79.9. The van der Waals surface area contributed by atoms with Gasteiger partial charge in [-0.25, -0.2) is 0 Å². The minimum Gasteiger partial charge on any atom is -0.369 e. The number of hydrogen-bond donors (Lipinski definition) is 0. The molecule has 0 N–H and O–H groups in total. The molecule has 0 aliphatic carbocycles. The topological polar surface area (TPSA) is 40.6 Å². The Labute approximate surface area is 156 Å². The van der Waals surface area contributed by atoms with Gasteiger partial charge in [0, 0.05) is 47.5 Å². The van der Waals surface area contributed by atoms with Crippen LogP contribution >= 0.6 is 15.9 Å². The van der Waals surface area contributed by atoms with Crippen molar-refractivity contribution in [1.29, 1.82) is 0 Å². The summed E-state index contributed by atoms with van der Waals surface area (Å²) in [6, 6.07) is 15.3. The Morgan fingerprint density at radius 1 is 0.880 bits per heavy atom. The zero-order valence-corrected chi connectivity index (χ0v) is 15.8. The molecular weight excluding hydrogens is 380 g/mol. The molecule has 0 atom stereocenters. The number of Topliss-reactive ketones (excluding diaryl/α,β-unsaturated/α-hetero) is 2. The number of carbonyl (C=O) groups is 2. The van der Waals surface area contributed by atoms with Crippen LogP contribution in [0.15, 0.2) is 53.0 Å². The Bertz CT molecular complexity index is 748. The summed E-state index contributed by atoms with van der Waals surface area (Å²) in [5, 5.41) is 0. The number of anilines is 1. The Kier molecular flexibility index (Phi) is 5.66. The van der Waals surface area contributed by atoms with Gasteiger partial charge in [-0.3, -0.25) is 14.5 Å². The maximum atomic E-state index is 12.4. The van der Waals surface area contributed by atoms with Crippen LogP contribution in [0.2, 0.25) is 0 Å². The highest BCUT2D eigenvalue weighted by Crippen LogP contribution is 2.18. The maximum Gasteiger partial charge on any atom is 0.176 e. The molecule has 130 valence electrons. The molecule has 1 aliphatic rings. The molecule has 0 unspecified atom stereocenters. The van der Waals surface area contributed by atoms with Gasteiger partial charge in [0.25, 0.3) is 0 Å². The molecule has 1 saturated heterocycles. The summed E-state index contributed by atoms with van der Waals surface area (Å²) in [4.78, 5) is 28.2. The fraction of sp³-hybridized carbons (Fsp3) is 0.300. The van der Waals surface area contributed by atoms with Crippen LogP contribution in [-0.2, 0) is 0 Å². The molecule has 0 saturated carbocycles. The van der Waals surface area contributed by atoms with Crippen molar-refractivity contribution >= 4 is 33.2 Å². The molecule has 25 heavy (non-hydrogen) atoms. The van der Waals surface area contributed by atoms with Gasteiger partial charge in [0.1, 0.15) is 0 Å². The summed E-state index contributed by atoms with van der Waals surface area (Å²) in [5.74, 6) is 0.245. The molecule has 0 aromatic heterocycles. The van der Waals surface area contributed by atoms with Crippen LogP contribution in [0.4, 0.5) is 5.69 Å². The van der Waals surface area contributed by atoms with Gasteiger partial charge in [-0.15, -0.1) is 0 Å². The van der Waals surface area contributed by atoms with E-state index >= 15 is 0 Å². The first-order valence-electron chi connectivity index (χ1n) is 8.40. The average molecular weight is 401 g/mol. The third-order valence-electron chi connectivity index (χ3n) is 4.54. The Morgan fingerprint density at radius 3 is 2.00 bits per heavy atom. The van der Waals surface area contributed by atoms with Crippen LogP contribution in [0.1, 0.15) is 27.6 Å². The second kappa shape index (κ2) is 7.93. The van der Waals surface area contributed by atoms with Crippen molar-refractivity contribution in [3.63, 3.8) is 0 Å². The van der Waals surface area contributed by atoms with E-state index in [1.54, 1.807) is 6.92 Å². The van der Waals surface area contributed by atoms with Crippen LogP contribution in [0, 0.1) is 0 Å². The summed E-state index contributed by atoms with van der Waals surface area (Å²) < 4.78 is 0.980. The Balaban J connectivity index is 1.53. The predicted molar refractivity (Wildman–Crippen MR) is 104 cm³/mol. The second-order valence-electron chi connectivity index (χ2n) is 6.30. The summed E-state index contributed by atoms with van der Waals surface area (Å²) in [7, 11) is 0. The van der Waals surface area contributed by atoms with Crippen LogP contribution in [0.25, 0.3) is 0 Å². The summed E-state index contributed by atoms with van der Waals surface area (Å²) in [6.45, 7) is 5.52. The molecule has 2 aromatic carbocycles. The largest absolute Gasteiger partial charge is 0.369 e. The number of ketones is 2. The summed E-state index contributed by atoms with van der Waals surface area (Å²) in [6.07, 6.45) is 0. The highest BCUT2D eigenvalue weighted by Gasteiger charge is 2.20. The molecule has 1 aliphatic heterocycles. The van der Waals surface area contributed by atoms with E-state index in [1.807, 2.05) is 48.5 Å². The molecule has 5 heteroatoms. The van der Waals surface area contributed by atoms with Crippen molar-refractivity contribution in [2.75, 3.05) is 37.6 Å². The molecule has 0 bridgehead atoms. The molecule has 3 rings (SSSR count). The maximum absolute atomic E-state index is 12.4. The van der Waals surface area contributed by atoms with Crippen molar-refractivity contribution in [2.45, 2.75) is 6.92 Å². The summed E-state index contributed by atoms with van der Waals surface area (Å²) in [5.41, 5.74) is 2.62. The van der Waals surface area contributed by atoms with Gasteiger partial charge in [0.05, 0.1) is 6.54 Å². The minimum atomic E-state index is 0.0859. The van der Waals surface area contributed by atoms with E-state index < -0.39 is 0 Å². The van der Waals surface area contributed by atoms with Gasteiger partial charge < -0.3 is 4.90 Å². The lowest BCUT2D eigenvalue weighted by atomic mass is 10.1. The fourth-order valence-corrected chi connectivity index (χ4v) is 3.27. The van der Waals surface area contributed by atoms with Crippen LogP contribution in [0.3, 0.4) is 0 Å². The number of benzene rings is 2. The van der Waals surface area contributed by atoms with Crippen molar-refractivity contribution in [1.82, 2.24) is 4.90 Å². The lowest BCUT2D eigenvalue weighted by Gasteiger charge is -2.35. The predicted octanol–water partition coefficient (Wildman–Crippen LogP) is 3.66. The van der Waals surface area contributed by atoms with Gasteiger partial charge in [0.2, 0.25) is 0 Å². The first kappa shape index (κ1) is 17.8. The SMILES string of the molecule is CC(=O)c1ccc(N2CCN(CC(=O)c3ccc(Br)cc3)CC2)cc1. The standard InChI is InChI=1S/C20H21BrN2O2/c1-15(24)16-4-8-19(9-5-16)23-12-10-22(11-13-23)14-20(25)17-2-6-18(21)7-3-17/h2-9H,10-14H2,1H3. The van der Waals surface area contributed by atoms with Gasteiger partial charge in [-0.05, 0) is 43.3 Å². The number of halogens is 1. The molecule has 1 heterocycles. The number of hydrogen-bond acceptors (Lipinski definition) is 4. The molecule has 2 aromatic rings.